The number of amides is 1. The number of carbonyl (C=O) groups excluding carboxylic acids is 2. The number of rotatable bonds is 4. The molecule has 0 aliphatic carbocycles. The second-order valence-corrected chi connectivity index (χ2v) is 3.50. The van der Waals surface area contributed by atoms with Gasteiger partial charge in [-0.25, -0.2) is 13.6 Å². The minimum absolute atomic E-state index is 0.0978. The van der Waals surface area contributed by atoms with E-state index in [1.165, 1.54) is 12.1 Å². The lowest BCUT2D eigenvalue weighted by molar-refractivity contribution is -0.154. The molecule has 0 bridgehead atoms. The van der Waals surface area contributed by atoms with Crippen LogP contribution in [0.2, 0.25) is 0 Å². The first-order chi connectivity index (χ1) is 8.52. The van der Waals surface area contributed by atoms with Gasteiger partial charge in [0, 0.05) is 12.6 Å². The van der Waals surface area contributed by atoms with Gasteiger partial charge in [-0.15, -0.1) is 0 Å². The Hall–Kier alpha value is -1.98. The van der Waals surface area contributed by atoms with Crippen molar-refractivity contribution in [1.82, 2.24) is 5.32 Å². The summed E-state index contributed by atoms with van der Waals surface area (Å²) < 4.78 is 30.2. The van der Waals surface area contributed by atoms with Gasteiger partial charge in [0.05, 0.1) is 6.61 Å². The van der Waals surface area contributed by atoms with Crippen LogP contribution in [0.15, 0.2) is 18.2 Å². The highest BCUT2D eigenvalue weighted by atomic mass is 19.1. The lowest BCUT2D eigenvalue weighted by atomic mass is 10.1. The quantitative estimate of drug-likeness (QED) is 0.651. The van der Waals surface area contributed by atoms with E-state index in [4.69, 9.17) is 0 Å². The number of esters is 1. The third-order valence-electron chi connectivity index (χ3n) is 2.08. The first-order valence-electron chi connectivity index (χ1n) is 5.43. The van der Waals surface area contributed by atoms with Gasteiger partial charge in [-0.1, -0.05) is 0 Å². The second kappa shape index (κ2) is 6.68. The van der Waals surface area contributed by atoms with E-state index in [2.05, 4.69) is 10.1 Å². The van der Waals surface area contributed by atoms with Crippen LogP contribution < -0.4 is 5.32 Å². The minimum atomic E-state index is -0.970. The SMILES string of the molecule is CCOC(=O)C(=O)NCCc1cc(F)cc(F)c1. The third kappa shape index (κ3) is 4.48. The predicted molar refractivity (Wildman–Crippen MR) is 59.7 cm³/mol. The highest BCUT2D eigenvalue weighted by Crippen LogP contribution is 2.07. The first kappa shape index (κ1) is 14.1. The molecule has 98 valence electrons. The minimum Gasteiger partial charge on any atom is -0.459 e. The smallest absolute Gasteiger partial charge is 0.396 e. The van der Waals surface area contributed by atoms with Crippen molar-refractivity contribution in [2.75, 3.05) is 13.2 Å². The largest absolute Gasteiger partial charge is 0.459 e. The Kier molecular flexibility index (Phi) is 5.23. The summed E-state index contributed by atoms with van der Waals surface area (Å²) in [5, 5.41) is 2.30. The molecule has 4 nitrogen and oxygen atoms in total. The second-order valence-electron chi connectivity index (χ2n) is 3.50. The van der Waals surface area contributed by atoms with Crippen LogP contribution in [0.1, 0.15) is 12.5 Å². The molecule has 0 saturated heterocycles. The molecule has 0 heterocycles. The van der Waals surface area contributed by atoms with Gasteiger partial charge in [0.15, 0.2) is 0 Å². The molecule has 0 unspecified atom stereocenters. The number of halogens is 2. The molecule has 0 spiro atoms. The highest BCUT2D eigenvalue weighted by Gasteiger charge is 2.13. The molecule has 0 atom stereocenters. The van der Waals surface area contributed by atoms with Gasteiger partial charge in [0.1, 0.15) is 11.6 Å². The van der Waals surface area contributed by atoms with E-state index < -0.39 is 23.5 Å². The average molecular weight is 257 g/mol. The average Bonchev–Trinajstić information content (AvgIpc) is 2.27. The molecule has 1 amide bonds. The van der Waals surface area contributed by atoms with E-state index >= 15 is 0 Å². The summed E-state index contributed by atoms with van der Waals surface area (Å²) in [4.78, 5) is 22.1. The summed E-state index contributed by atoms with van der Waals surface area (Å²) in [5.74, 6) is -3.19. The van der Waals surface area contributed by atoms with Crippen molar-refractivity contribution in [2.24, 2.45) is 0 Å². The van der Waals surface area contributed by atoms with Crippen molar-refractivity contribution in [3.05, 3.63) is 35.4 Å². The maximum atomic E-state index is 12.8. The zero-order valence-electron chi connectivity index (χ0n) is 9.83. The Bertz CT molecular complexity index is 429. The van der Waals surface area contributed by atoms with Gasteiger partial charge in [-0.3, -0.25) is 4.79 Å². The third-order valence-corrected chi connectivity index (χ3v) is 2.08. The summed E-state index contributed by atoms with van der Waals surface area (Å²) in [6, 6.07) is 3.10. The number of hydrogen-bond acceptors (Lipinski definition) is 3. The van der Waals surface area contributed by atoms with Crippen molar-refractivity contribution >= 4 is 11.9 Å². The van der Waals surface area contributed by atoms with Gasteiger partial charge in [0.25, 0.3) is 0 Å². The molecule has 1 N–H and O–H groups in total. The number of ether oxygens (including phenoxy) is 1. The summed E-state index contributed by atoms with van der Waals surface area (Å²) >= 11 is 0. The molecule has 0 radical (unpaired) electrons. The van der Waals surface area contributed by atoms with Crippen LogP contribution in [-0.4, -0.2) is 25.0 Å². The maximum absolute atomic E-state index is 12.8. The molecular formula is C12H13F2NO3. The fourth-order valence-electron chi connectivity index (χ4n) is 1.34. The van der Waals surface area contributed by atoms with Crippen molar-refractivity contribution in [2.45, 2.75) is 13.3 Å². The zero-order chi connectivity index (χ0) is 13.5. The van der Waals surface area contributed by atoms with E-state index in [1.807, 2.05) is 0 Å². The lowest BCUT2D eigenvalue weighted by Crippen LogP contribution is -2.33. The van der Waals surface area contributed by atoms with Crippen LogP contribution in [0, 0.1) is 11.6 Å². The van der Waals surface area contributed by atoms with Crippen LogP contribution in [0.3, 0.4) is 0 Å². The number of benzene rings is 1. The number of nitrogens with one attached hydrogen (secondary N) is 1. The van der Waals surface area contributed by atoms with Crippen LogP contribution in [0.5, 0.6) is 0 Å². The standard InChI is InChI=1S/C12H13F2NO3/c1-2-18-12(17)11(16)15-4-3-8-5-9(13)7-10(14)6-8/h5-7H,2-4H2,1H3,(H,15,16). The van der Waals surface area contributed by atoms with Crippen LogP contribution in [0.25, 0.3) is 0 Å². The van der Waals surface area contributed by atoms with Gasteiger partial charge >= 0.3 is 11.9 Å². The van der Waals surface area contributed by atoms with Gasteiger partial charge in [-0.2, -0.15) is 0 Å². The summed E-state index contributed by atoms with van der Waals surface area (Å²) in [5.41, 5.74) is 0.400. The van der Waals surface area contributed by atoms with E-state index in [1.54, 1.807) is 6.92 Å². The molecule has 0 fully saturated rings. The van der Waals surface area contributed by atoms with Crippen molar-refractivity contribution < 1.29 is 23.1 Å². The fourth-order valence-corrected chi connectivity index (χ4v) is 1.34. The Morgan fingerprint density at radius 3 is 2.39 bits per heavy atom. The number of carbonyl (C=O) groups is 2. The topological polar surface area (TPSA) is 55.4 Å². The lowest BCUT2D eigenvalue weighted by Gasteiger charge is -2.05. The Morgan fingerprint density at radius 1 is 1.22 bits per heavy atom. The molecule has 6 heteroatoms. The van der Waals surface area contributed by atoms with Gasteiger partial charge in [-0.05, 0) is 31.0 Å². The van der Waals surface area contributed by atoms with E-state index in [0.717, 1.165) is 6.07 Å². The molecule has 1 rings (SSSR count). The molecule has 0 aliphatic heterocycles. The van der Waals surface area contributed by atoms with E-state index in [-0.39, 0.29) is 19.6 Å². The predicted octanol–water partition coefficient (Wildman–Crippen LogP) is 1.19. The molecular weight excluding hydrogens is 244 g/mol. The van der Waals surface area contributed by atoms with Crippen LogP contribution in [0.4, 0.5) is 8.78 Å². The molecule has 18 heavy (non-hydrogen) atoms. The molecule has 0 saturated carbocycles. The van der Waals surface area contributed by atoms with Gasteiger partial charge < -0.3 is 10.1 Å². The number of hydrogen-bond donors (Lipinski definition) is 1. The molecule has 1 aromatic carbocycles. The molecule has 1 aromatic rings. The van der Waals surface area contributed by atoms with Gasteiger partial charge in [0.2, 0.25) is 0 Å². The Morgan fingerprint density at radius 2 is 1.83 bits per heavy atom. The molecule has 0 aromatic heterocycles. The van der Waals surface area contributed by atoms with Crippen molar-refractivity contribution in [1.29, 1.82) is 0 Å². The Labute approximate surface area is 103 Å². The summed E-state index contributed by atoms with van der Waals surface area (Å²) in [6.45, 7) is 1.79. The van der Waals surface area contributed by atoms with E-state index in [0.29, 0.717) is 5.56 Å². The zero-order valence-corrected chi connectivity index (χ0v) is 9.83. The van der Waals surface area contributed by atoms with Crippen molar-refractivity contribution in [3.8, 4) is 0 Å². The fraction of sp³-hybridized carbons (Fsp3) is 0.333. The van der Waals surface area contributed by atoms with Crippen LogP contribution >= 0.6 is 0 Å². The summed E-state index contributed by atoms with van der Waals surface area (Å²) in [7, 11) is 0. The normalized spacial score (nSPS) is 9.94. The van der Waals surface area contributed by atoms with Crippen molar-refractivity contribution in [3.63, 3.8) is 0 Å². The first-order valence-corrected chi connectivity index (χ1v) is 5.43. The summed E-state index contributed by atoms with van der Waals surface area (Å²) in [6.07, 6.45) is 0.222. The van der Waals surface area contributed by atoms with Crippen LogP contribution in [-0.2, 0) is 20.7 Å². The monoisotopic (exact) mass is 257 g/mol. The van der Waals surface area contributed by atoms with E-state index in [9.17, 15) is 18.4 Å². The molecule has 0 aliphatic rings. The maximum Gasteiger partial charge on any atom is 0.396 e. The Balaban J connectivity index is 2.42. The highest BCUT2D eigenvalue weighted by molar-refractivity contribution is 6.32.